The highest BCUT2D eigenvalue weighted by Crippen LogP contribution is 2.29. The fourth-order valence-corrected chi connectivity index (χ4v) is 3.22. The van der Waals surface area contributed by atoms with E-state index >= 15 is 0 Å². The predicted molar refractivity (Wildman–Crippen MR) is 93.4 cm³/mol. The van der Waals surface area contributed by atoms with Crippen molar-refractivity contribution in [2.45, 2.75) is 52.2 Å². The van der Waals surface area contributed by atoms with Crippen molar-refractivity contribution in [1.82, 2.24) is 19.7 Å². The van der Waals surface area contributed by atoms with E-state index in [0.29, 0.717) is 11.7 Å². The van der Waals surface area contributed by atoms with Crippen molar-refractivity contribution < 1.29 is 9.53 Å². The molecule has 130 valence electrons. The summed E-state index contributed by atoms with van der Waals surface area (Å²) in [7, 11) is 0. The molecule has 1 fully saturated rings. The molecule has 0 spiro atoms. The molecule has 1 aliphatic rings. The van der Waals surface area contributed by atoms with E-state index in [4.69, 9.17) is 16.3 Å². The molecule has 0 unspecified atom stereocenters. The summed E-state index contributed by atoms with van der Waals surface area (Å²) in [5, 5.41) is 9.71. The van der Waals surface area contributed by atoms with E-state index in [1.54, 1.807) is 4.90 Å². The lowest BCUT2D eigenvalue weighted by Gasteiger charge is -2.34. The first-order valence-corrected chi connectivity index (χ1v) is 8.61. The third-order valence-corrected chi connectivity index (χ3v) is 4.63. The second-order valence-corrected chi connectivity index (χ2v) is 7.66. The number of likely N-dealkylation sites (tertiary alicyclic amines) is 1. The molecule has 1 atom stereocenters. The SMILES string of the molecule is Cc1c(Cl)nnc2c1ccn2[C@@H]1CCCN(C(=O)OC(C)(C)C)C1. The van der Waals surface area contributed by atoms with Crippen molar-refractivity contribution in [3.05, 3.63) is 23.0 Å². The van der Waals surface area contributed by atoms with Crippen LogP contribution < -0.4 is 0 Å². The summed E-state index contributed by atoms with van der Waals surface area (Å²) >= 11 is 6.06. The van der Waals surface area contributed by atoms with Crippen molar-refractivity contribution in [1.29, 1.82) is 0 Å². The number of ether oxygens (including phenoxy) is 1. The molecule has 1 amide bonds. The fraction of sp³-hybridized carbons (Fsp3) is 0.588. The van der Waals surface area contributed by atoms with E-state index in [1.807, 2.05) is 40.0 Å². The van der Waals surface area contributed by atoms with Crippen molar-refractivity contribution >= 4 is 28.7 Å². The van der Waals surface area contributed by atoms with E-state index in [2.05, 4.69) is 14.8 Å². The minimum Gasteiger partial charge on any atom is -0.444 e. The van der Waals surface area contributed by atoms with Gasteiger partial charge >= 0.3 is 6.09 Å². The predicted octanol–water partition coefficient (Wildman–Crippen LogP) is 3.97. The Balaban J connectivity index is 1.83. The molecule has 3 heterocycles. The van der Waals surface area contributed by atoms with Crippen LogP contribution in [0.1, 0.15) is 45.2 Å². The zero-order chi connectivity index (χ0) is 17.5. The number of halogens is 1. The van der Waals surface area contributed by atoms with Gasteiger partial charge in [-0.1, -0.05) is 11.6 Å². The quantitative estimate of drug-likeness (QED) is 0.780. The van der Waals surface area contributed by atoms with Gasteiger partial charge in [-0.15, -0.1) is 10.2 Å². The number of amides is 1. The molecule has 2 aromatic rings. The van der Waals surface area contributed by atoms with Gasteiger partial charge in [-0.3, -0.25) is 0 Å². The molecular weight excluding hydrogens is 328 g/mol. The van der Waals surface area contributed by atoms with Gasteiger partial charge in [-0.2, -0.15) is 0 Å². The zero-order valence-corrected chi connectivity index (χ0v) is 15.3. The second kappa shape index (κ2) is 6.24. The first-order valence-electron chi connectivity index (χ1n) is 8.23. The molecule has 1 aliphatic heterocycles. The molecule has 2 aromatic heterocycles. The molecule has 1 saturated heterocycles. The third kappa shape index (κ3) is 3.34. The number of fused-ring (bicyclic) bond motifs is 1. The first-order chi connectivity index (χ1) is 11.3. The number of rotatable bonds is 1. The Bertz CT molecular complexity index is 766. The summed E-state index contributed by atoms with van der Waals surface area (Å²) in [6.07, 6.45) is 3.68. The van der Waals surface area contributed by atoms with Gasteiger partial charge < -0.3 is 14.2 Å². The van der Waals surface area contributed by atoms with Crippen molar-refractivity contribution in [3.63, 3.8) is 0 Å². The number of carbonyl (C=O) groups is 1. The number of nitrogens with zero attached hydrogens (tertiary/aromatic N) is 4. The van der Waals surface area contributed by atoms with Gasteiger partial charge in [0.25, 0.3) is 0 Å². The molecular formula is C17H23ClN4O2. The van der Waals surface area contributed by atoms with Crippen LogP contribution in [0.25, 0.3) is 11.0 Å². The van der Waals surface area contributed by atoms with Crippen molar-refractivity contribution in [2.75, 3.05) is 13.1 Å². The number of aromatic nitrogens is 3. The molecule has 24 heavy (non-hydrogen) atoms. The average Bonchev–Trinajstić information content (AvgIpc) is 2.94. The number of carbonyl (C=O) groups excluding carboxylic acids is 1. The number of aryl methyl sites for hydroxylation is 1. The summed E-state index contributed by atoms with van der Waals surface area (Å²) in [5.41, 5.74) is 1.26. The van der Waals surface area contributed by atoms with E-state index in [0.717, 1.165) is 36.0 Å². The Morgan fingerprint density at radius 1 is 1.38 bits per heavy atom. The summed E-state index contributed by atoms with van der Waals surface area (Å²) < 4.78 is 7.60. The Kier molecular flexibility index (Phi) is 4.42. The molecule has 7 heteroatoms. The van der Waals surface area contributed by atoms with Crippen LogP contribution in [0.3, 0.4) is 0 Å². The number of hydrogen-bond donors (Lipinski definition) is 0. The molecule has 0 aromatic carbocycles. The molecule has 6 nitrogen and oxygen atoms in total. The minimum absolute atomic E-state index is 0.165. The lowest BCUT2D eigenvalue weighted by atomic mass is 10.1. The van der Waals surface area contributed by atoms with Gasteiger partial charge in [0.1, 0.15) is 5.60 Å². The van der Waals surface area contributed by atoms with Crippen LogP contribution >= 0.6 is 11.6 Å². The number of hydrogen-bond acceptors (Lipinski definition) is 4. The lowest BCUT2D eigenvalue weighted by molar-refractivity contribution is 0.0174. The van der Waals surface area contributed by atoms with Crippen LogP contribution in [-0.2, 0) is 4.74 Å². The van der Waals surface area contributed by atoms with E-state index in [-0.39, 0.29) is 12.1 Å². The van der Waals surface area contributed by atoms with Crippen molar-refractivity contribution in [3.8, 4) is 0 Å². The van der Waals surface area contributed by atoms with E-state index in [9.17, 15) is 4.79 Å². The summed E-state index contributed by atoms with van der Waals surface area (Å²) in [5.74, 6) is 0. The van der Waals surface area contributed by atoms with Gasteiger partial charge in [0.05, 0.1) is 6.04 Å². The van der Waals surface area contributed by atoms with Gasteiger partial charge in [0.15, 0.2) is 10.8 Å². The van der Waals surface area contributed by atoms with Crippen LogP contribution in [0, 0.1) is 6.92 Å². The molecule has 0 saturated carbocycles. The normalized spacial score (nSPS) is 18.9. The molecule has 0 aliphatic carbocycles. The second-order valence-electron chi connectivity index (χ2n) is 7.30. The number of piperidine rings is 1. The first kappa shape index (κ1) is 17.0. The molecule has 3 rings (SSSR count). The maximum Gasteiger partial charge on any atom is 0.410 e. The Morgan fingerprint density at radius 2 is 2.12 bits per heavy atom. The fourth-order valence-electron chi connectivity index (χ4n) is 3.08. The van der Waals surface area contributed by atoms with E-state index < -0.39 is 5.60 Å². The Labute approximate surface area is 146 Å². The van der Waals surface area contributed by atoms with Gasteiger partial charge in [-0.05, 0) is 52.2 Å². The van der Waals surface area contributed by atoms with Gasteiger partial charge in [-0.25, -0.2) is 4.79 Å². The standard InChI is InChI=1S/C17H23ClN4O2/c1-11-13-7-9-22(15(13)20-19-14(11)18)12-6-5-8-21(10-12)16(23)24-17(2,3)4/h7,9,12H,5-6,8,10H2,1-4H3/t12-/m1/s1. The summed E-state index contributed by atoms with van der Waals surface area (Å²) in [6.45, 7) is 8.93. The summed E-state index contributed by atoms with van der Waals surface area (Å²) in [4.78, 5) is 14.1. The van der Waals surface area contributed by atoms with Crippen molar-refractivity contribution in [2.24, 2.45) is 0 Å². The van der Waals surface area contributed by atoms with Crippen LogP contribution in [0.15, 0.2) is 12.3 Å². The topological polar surface area (TPSA) is 60.2 Å². The van der Waals surface area contributed by atoms with Crippen LogP contribution in [0.4, 0.5) is 4.79 Å². The highest BCUT2D eigenvalue weighted by molar-refractivity contribution is 6.30. The minimum atomic E-state index is -0.483. The Hall–Kier alpha value is -1.82. The Morgan fingerprint density at radius 3 is 2.83 bits per heavy atom. The average molecular weight is 351 g/mol. The highest BCUT2D eigenvalue weighted by atomic mass is 35.5. The smallest absolute Gasteiger partial charge is 0.410 e. The summed E-state index contributed by atoms with van der Waals surface area (Å²) in [6, 6.07) is 2.18. The molecule has 0 radical (unpaired) electrons. The monoisotopic (exact) mass is 350 g/mol. The molecule has 0 bridgehead atoms. The third-order valence-electron chi connectivity index (χ3n) is 4.27. The maximum absolute atomic E-state index is 12.3. The zero-order valence-electron chi connectivity index (χ0n) is 14.5. The lowest BCUT2D eigenvalue weighted by Crippen LogP contribution is -2.43. The molecule has 0 N–H and O–H groups in total. The van der Waals surface area contributed by atoms with Gasteiger partial charge in [0.2, 0.25) is 0 Å². The van der Waals surface area contributed by atoms with Crippen LogP contribution in [0.5, 0.6) is 0 Å². The van der Waals surface area contributed by atoms with Crippen LogP contribution in [0.2, 0.25) is 5.15 Å². The highest BCUT2D eigenvalue weighted by Gasteiger charge is 2.29. The van der Waals surface area contributed by atoms with Crippen LogP contribution in [-0.4, -0.2) is 44.4 Å². The largest absolute Gasteiger partial charge is 0.444 e. The van der Waals surface area contributed by atoms with Gasteiger partial charge in [0, 0.05) is 24.7 Å². The maximum atomic E-state index is 12.3. The van der Waals surface area contributed by atoms with E-state index in [1.165, 1.54) is 0 Å².